The first-order valence-electron chi connectivity index (χ1n) is 7.14. The third-order valence-electron chi connectivity index (χ3n) is 3.56. The molecule has 4 heteroatoms. The normalized spacial score (nSPS) is 26.0. The zero-order chi connectivity index (χ0) is 13.6. The van der Waals surface area contributed by atoms with Crippen LogP contribution in [0.25, 0.3) is 0 Å². The van der Waals surface area contributed by atoms with Crippen LogP contribution in [0.1, 0.15) is 40.0 Å². The third kappa shape index (κ3) is 6.41. The van der Waals surface area contributed by atoms with Crippen LogP contribution in [-0.2, 0) is 0 Å². The molecule has 0 amide bonds. The van der Waals surface area contributed by atoms with E-state index >= 15 is 0 Å². The fourth-order valence-electron chi connectivity index (χ4n) is 2.48. The van der Waals surface area contributed by atoms with E-state index < -0.39 is 5.60 Å². The SMILES string of the molecule is CSC1CCCN(CC(C)(O)CNC(C)C)CC1. The Morgan fingerprint density at radius 2 is 2.11 bits per heavy atom. The van der Waals surface area contributed by atoms with Crippen LogP contribution < -0.4 is 5.32 Å². The molecule has 108 valence electrons. The molecule has 0 radical (unpaired) electrons. The van der Waals surface area contributed by atoms with Gasteiger partial charge in [-0.25, -0.2) is 0 Å². The predicted octanol–water partition coefficient (Wildman–Crippen LogP) is 1.95. The number of nitrogens with zero attached hydrogens (tertiary/aromatic N) is 1. The lowest BCUT2D eigenvalue weighted by molar-refractivity contribution is 0.0196. The Bertz CT molecular complexity index is 234. The van der Waals surface area contributed by atoms with E-state index in [1.165, 1.54) is 19.3 Å². The van der Waals surface area contributed by atoms with Gasteiger partial charge in [-0.15, -0.1) is 0 Å². The maximum atomic E-state index is 10.4. The lowest BCUT2D eigenvalue weighted by Crippen LogP contribution is -2.49. The molecule has 0 saturated carbocycles. The molecule has 18 heavy (non-hydrogen) atoms. The number of hydrogen-bond acceptors (Lipinski definition) is 4. The number of likely N-dealkylation sites (tertiary alicyclic amines) is 1. The molecule has 1 aliphatic heterocycles. The maximum Gasteiger partial charge on any atom is 0.0869 e. The van der Waals surface area contributed by atoms with E-state index in [-0.39, 0.29) is 0 Å². The van der Waals surface area contributed by atoms with Crippen molar-refractivity contribution in [2.75, 3.05) is 32.4 Å². The summed E-state index contributed by atoms with van der Waals surface area (Å²) in [4.78, 5) is 2.43. The number of nitrogens with one attached hydrogen (secondary N) is 1. The van der Waals surface area contributed by atoms with E-state index in [9.17, 15) is 5.11 Å². The van der Waals surface area contributed by atoms with Crippen molar-refractivity contribution in [2.45, 2.75) is 56.9 Å². The first-order chi connectivity index (χ1) is 8.43. The van der Waals surface area contributed by atoms with E-state index in [2.05, 4.69) is 30.3 Å². The first kappa shape index (κ1) is 16.3. The number of rotatable bonds is 6. The topological polar surface area (TPSA) is 35.5 Å². The molecule has 3 nitrogen and oxygen atoms in total. The Morgan fingerprint density at radius 1 is 1.39 bits per heavy atom. The van der Waals surface area contributed by atoms with Crippen LogP contribution in [0.3, 0.4) is 0 Å². The van der Waals surface area contributed by atoms with Gasteiger partial charge in [0.25, 0.3) is 0 Å². The number of thioether (sulfide) groups is 1. The van der Waals surface area contributed by atoms with E-state index in [1.807, 2.05) is 18.7 Å². The Morgan fingerprint density at radius 3 is 2.72 bits per heavy atom. The minimum Gasteiger partial charge on any atom is -0.388 e. The van der Waals surface area contributed by atoms with E-state index in [4.69, 9.17) is 0 Å². The molecule has 0 aromatic heterocycles. The number of hydrogen-bond donors (Lipinski definition) is 2. The highest BCUT2D eigenvalue weighted by Gasteiger charge is 2.25. The monoisotopic (exact) mass is 274 g/mol. The third-order valence-corrected chi connectivity index (χ3v) is 4.69. The first-order valence-corrected chi connectivity index (χ1v) is 8.42. The second-order valence-electron chi connectivity index (χ2n) is 6.10. The highest BCUT2D eigenvalue weighted by atomic mass is 32.2. The van der Waals surface area contributed by atoms with Gasteiger partial charge in [0, 0.05) is 24.4 Å². The van der Waals surface area contributed by atoms with E-state index in [0.29, 0.717) is 12.6 Å². The highest BCUT2D eigenvalue weighted by Crippen LogP contribution is 2.22. The molecule has 0 aliphatic carbocycles. The maximum absolute atomic E-state index is 10.4. The smallest absolute Gasteiger partial charge is 0.0869 e. The van der Waals surface area contributed by atoms with Crippen molar-refractivity contribution in [1.29, 1.82) is 0 Å². The number of aliphatic hydroxyl groups is 1. The lowest BCUT2D eigenvalue weighted by atomic mass is 10.1. The molecule has 1 heterocycles. The van der Waals surface area contributed by atoms with Crippen molar-refractivity contribution in [3.63, 3.8) is 0 Å². The minimum absolute atomic E-state index is 0.432. The second kappa shape index (κ2) is 7.73. The molecule has 0 aromatic rings. The van der Waals surface area contributed by atoms with Crippen LogP contribution in [0.2, 0.25) is 0 Å². The van der Waals surface area contributed by atoms with Gasteiger partial charge in [-0.1, -0.05) is 13.8 Å². The zero-order valence-corrected chi connectivity index (χ0v) is 13.2. The van der Waals surface area contributed by atoms with Gasteiger partial charge in [0.05, 0.1) is 5.60 Å². The molecule has 1 saturated heterocycles. The van der Waals surface area contributed by atoms with E-state index in [0.717, 1.165) is 24.9 Å². The van der Waals surface area contributed by atoms with Crippen LogP contribution in [0.15, 0.2) is 0 Å². The summed E-state index contributed by atoms with van der Waals surface area (Å²) in [7, 11) is 0. The summed E-state index contributed by atoms with van der Waals surface area (Å²) in [5.74, 6) is 0. The van der Waals surface area contributed by atoms with Crippen molar-refractivity contribution in [3.05, 3.63) is 0 Å². The summed E-state index contributed by atoms with van der Waals surface area (Å²) >= 11 is 1.99. The fraction of sp³-hybridized carbons (Fsp3) is 1.00. The Balaban J connectivity index is 2.36. The molecule has 0 spiro atoms. The zero-order valence-electron chi connectivity index (χ0n) is 12.4. The molecule has 2 atom stereocenters. The van der Waals surface area contributed by atoms with Gasteiger partial charge >= 0.3 is 0 Å². The molecule has 1 aliphatic rings. The molecule has 0 aromatic carbocycles. The van der Waals surface area contributed by atoms with E-state index in [1.54, 1.807) is 0 Å². The van der Waals surface area contributed by atoms with Gasteiger partial charge in [-0.3, -0.25) is 0 Å². The average molecular weight is 274 g/mol. The summed E-state index contributed by atoms with van der Waals surface area (Å²) in [5.41, 5.74) is -0.622. The standard InChI is InChI=1S/C14H30N2OS/c1-12(2)15-10-14(3,17)11-16-8-5-6-13(18-4)7-9-16/h12-13,15,17H,5-11H2,1-4H3. The molecule has 2 unspecified atom stereocenters. The molecule has 1 fully saturated rings. The van der Waals surface area contributed by atoms with Crippen LogP contribution in [0.5, 0.6) is 0 Å². The van der Waals surface area contributed by atoms with Gasteiger partial charge in [0.15, 0.2) is 0 Å². The Labute approximate surface area is 117 Å². The van der Waals surface area contributed by atoms with Crippen LogP contribution >= 0.6 is 11.8 Å². The van der Waals surface area contributed by atoms with Crippen LogP contribution in [0, 0.1) is 0 Å². The van der Waals surface area contributed by atoms with Crippen LogP contribution in [0.4, 0.5) is 0 Å². The molecular weight excluding hydrogens is 244 g/mol. The number of β-amino-alcohol motifs (C(OH)–C–C–N with tert-alkyl or cyclic N) is 1. The van der Waals surface area contributed by atoms with Crippen molar-refractivity contribution in [2.24, 2.45) is 0 Å². The van der Waals surface area contributed by atoms with Crippen molar-refractivity contribution in [3.8, 4) is 0 Å². The van der Waals surface area contributed by atoms with Crippen molar-refractivity contribution < 1.29 is 5.11 Å². The van der Waals surface area contributed by atoms with Gasteiger partial charge in [0.2, 0.25) is 0 Å². The van der Waals surface area contributed by atoms with Gasteiger partial charge in [-0.2, -0.15) is 11.8 Å². The Kier molecular flexibility index (Phi) is 6.99. The average Bonchev–Trinajstić information content (AvgIpc) is 2.51. The quantitative estimate of drug-likeness (QED) is 0.776. The molecular formula is C14H30N2OS. The van der Waals surface area contributed by atoms with Gasteiger partial charge in [-0.05, 0) is 45.5 Å². The van der Waals surface area contributed by atoms with Crippen LogP contribution in [-0.4, -0.2) is 59.3 Å². The fourth-order valence-corrected chi connectivity index (χ4v) is 3.22. The second-order valence-corrected chi connectivity index (χ2v) is 7.24. The summed E-state index contributed by atoms with van der Waals surface area (Å²) in [6, 6.07) is 0.432. The minimum atomic E-state index is -0.622. The lowest BCUT2D eigenvalue weighted by Gasteiger charge is -2.31. The van der Waals surface area contributed by atoms with Crippen molar-refractivity contribution >= 4 is 11.8 Å². The van der Waals surface area contributed by atoms with Crippen molar-refractivity contribution in [1.82, 2.24) is 10.2 Å². The summed E-state index contributed by atoms with van der Waals surface area (Å²) in [6.45, 7) is 9.90. The summed E-state index contributed by atoms with van der Waals surface area (Å²) in [5, 5.41) is 14.6. The van der Waals surface area contributed by atoms with Gasteiger partial charge in [0.1, 0.15) is 0 Å². The largest absolute Gasteiger partial charge is 0.388 e. The molecule has 1 rings (SSSR count). The summed E-state index contributed by atoms with van der Waals surface area (Å²) < 4.78 is 0. The van der Waals surface area contributed by atoms with Gasteiger partial charge < -0.3 is 15.3 Å². The summed E-state index contributed by atoms with van der Waals surface area (Å²) in [6.07, 6.45) is 6.06. The molecule has 2 N–H and O–H groups in total. The molecule has 0 bridgehead atoms. The predicted molar refractivity (Wildman–Crippen MR) is 81.4 cm³/mol. The highest BCUT2D eigenvalue weighted by molar-refractivity contribution is 7.99. The Hall–Kier alpha value is 0.230.